The van der Waals surface area contributed by atoms with E-state index in [1.165, 1.54) is 29.7 Å². The molecule has 2 saturated carbocycles. The van der Waals surface area contributed by atoms with E-state index in [1.807, 2.05) is 0 Å². The van der Waals surface area contributed by atoms with Gasteiger partial charge in [-0.3, -0.25) is 0 Å². The predicted octanol–water partition coefficient (Wildman–Crippen LogP) is 2.90. The molecule has 5 rings (SSSR count). The highest BCUT2D eigenvalue weighted by Gasteiger charge is 2.53. The van der Waals surface area contributed by atoms with Crippen molar-refractivity contribution in [1.82, 2.24) is 9.97 Å². The van der Waals surface area contributed by atoms with Gasteiger partial charge in [-0.05, 0) is 42.9 Å². The van der Waals surface area contributed by atoms with Gasteiger partial charge in [0.05, 0.1) is 0 Å². The van der Waals surface area contributed by atoms with E-state index >= 15 is 0 Å². The van der Waals surface area contributed by atoms with Crippen molar-refractivity contribution < 1.29 is 0 Å². The van der Waals surface area contributed by atoms with Crippen LogP contribution in [0.15, 0.2) is 35.5 Å². The number of rotatable bonds is 2. The van der Waals surface area contributed by atoms with Gasteiger partial charge < -0.3 is 10.6 Å². The van der Waals surface area contributed by atoms with E-state index < -0.39 is 0 Å². The normalized spacial score (nSPS) is 22.7. The first kappa shape index (κ1) is 12.9. The molecule has 22 heavy (non-hydrogen) atoms. The van der Waals surface area contributed by atoms with Crippen LogP contribution in [0.1, 0.15) is 36.8 Å². The minimum atomic E-state index is -0.101. The molecule has 2 N–H and O–H groups in total. The first-order valence-electron chi connectivity index (χ1n) is 7.82. The molecule has 1 aromatic carbocycles. The lowest BCUT2D eigenvalue weighted by Crippen LogP contribution is -2.21. The lowest BCUT2D eigenvalue weighted by atomic mass is 9.95. The summed E-state index contributed by atoms with van der Waals surface area (Å²) in [5.74, 6) is 0.766. The Morgan fingerprint density at radius 1 is 1.09 bits per heavy atom. The molecule has 2 aliphatic carbocycles. The second-order valence-electron chi connectivity index (χ2n) is 7.00. The molecule has 5 heteroatoms. The fourth-order valence-electron chi connectivity index (χ4n) is 3.62. The Morgan fingerprint density at radius 2 is 1.82 bits per heavy atom. The van der Waals surface area contributed by atoms with E-state index in [-0.39, 0.29) is 5.54 Å². The Labute approximate surface area is 135 Å². The highest BCUT2D eigenvalue weighted by atomic mass is 32.1. The van der Waals surface area contributed by atoms with Crippen molar-refractivity contribution in [2.75, 3.05) is 11.4 Å². The van der Waals surface area contributed by atoms with Gasteiger partial charge >= 0.3 is 0 Å². The van der Waals surface area contributed by atoms with E-state index in [1.54, 1.807) is 12.4 Å². The SMILES string of the molecule is NC1(c2ccc3c(c2)N(c2ncc(S)cn2)CC32CC2)CC1. The Kier molecular flexibility index (Phi) is 2.36. The topological polar surface area (TPSA) is 55.0 Å². The van der Waals surface area contributed by atoms with Crippen LogP contribution in [0.3, 0.4) is 0 Å². The van der Waals surface area contributed by atoms with E-state index in [4.69, 9.17) is 5.73 Å². The van der Waals surface area contributed by atoms with Gasteiger partial charge in [0.2, 0.25) is 5.95 Å². The average molecular weight is 310 g/mol. The van der Waals surface area contributed by atoms with Crippen LogP contribution in [-0.2, 0) is 11.0 Å². The first-order chi connectivity index (χ1) is 10.6. The zero-order valence-corrected chi connectivity index (χ0v) is 13.2. The number of hydrogen-bond donors (Lipinski definition) is 2. The van der Waals surface area contributed by atoms with Gasteiger partial charge in [-0.2, -0.15) is 0 Å². The van der Waals surface area contributed by atoms with E-state index in [2.05, 4.69) is 45.7 Å². The number of fused-ring (bicyclic) bond motifs is 2. The number of benzene rings is 1. The van der Waals surface area contributed by atoms with Gasteiger partial charge in [-0.15, -0.1) is 12.6 Å². The maximum Gasteiger partial charge on any atom is 0.229 e. The summed E-state index contributed by atoms with van der Waals surface area (Å²) < 4.78 is 0. The minimum Gasteiger partial charge on any atom is -0.321 e. The van der Waals surface area contributed by atoms with Crippen LogP contribution in [0.4, 0.5) is 11.6 Å². The van der Waals surface area contributed by atoms with Crippen LogP contribution in [-0.4, -0.2) is 16.5 Å². The van der Waals surface area contributed by atoms with Gasteiger partial charge in [0.1, 0.15) is 0 Å². The summed E-state index contributed by atoms with van der Waals surface area (Å²) in [5.41, 5.74) is 10.6. The van der Waals surface area contributed by atoms with Crippen LogP contribution in [0, 0.1) is 0 Å². The van der Waals surface area contributed by atoms with Crippen molar-refractivity contribution in [3.8, 4) is 0 Å². The summed E-state index contributed by atoms with van der Waals surface area (Å²) in [6.07, 6.45) is 8.21. The van der Waals surface area contributed by atoms with E-state index in [0.717, 1.165) is 30.2 Å². The molecule has 3 aliphatic rings. The molecule has 0 saturated heterocycles. The summed E-state index contributed by atoms with van der Waals surface area (Å²) in [6.45, 7) is 0.981. The number of thiol groups is 1. The number of nitrogens with two attached hydrogens (primary N) is 1. The zero-order valence-electron chi connectivity index (χ0n) is 12.3. The highest BCUT2D eigenvalue weighted by Crippen LogP contribution is 2.58. The van der Waals surface area contributed by atoms with E-state index in [0.29, 0.717) is 5.41 Å². The summed E-state index contributed by atoms with van der Waals surface area (Å²) in [5, 5.41) is 0. The molecule has 1 spiro atoms. The van der Waals surface area contributed by atoms with Crippen molar-refractivity contribution >= 4 is 24.3 Å². The molecule has 0 unspecified atom stereocenters. The maximum atomic E-state index is 6.39. The summed E-state index contributed by atoms with van der Waals surface area (Å²) in [7, 11) is 0. The van der Waals surface area contributed by atoms with Gasteiger partial charge in [0.15, 0.2) is 0 Å². The molecule has 2 heterocycles. The summed E-state index contributed by atoms with van der Waals surface area (Å²) in [6, 6.07) is 6.79. The Hall–Kier alpha value is -1.59. The third-order valence-electron chi connectivity index (χ3n) is 5.40. The lowest BCUT2D eigenvalue weighted by molar-refractivity contribution is 0.732. The standard InChI is InChI=1S/C17H18N4S/c18-17(5-6-17)11-1-2-13-14(7-11)21(10-16(13)3-4-16)15-19-8-12(22)9-20-15/h1-2,7-9,22H,3-6,10,18H2. The fraction of sp³-hybridized carbons (Fsp3) is 0.412. The average Bonchev–Trinajstić information content (AvgIpc) is 3.42. The van der Waals surface area contributed by atoms with E-state index in [9.17, 15) is 0 Å². The van der Waals surface area contributed by atoms with Gasteiger partial charge in [-0.1, -0.05) is 12.1 Å². The molecule has 2 aromatic rings. The van der Waals surface area contributed by atoms with Crippen molar-refractivity contribution in [2.45, 2.75) is 41.5 Å². The highest BCUT2D eigenvalue weighted by molar-refractivity contribution is 7.80. The van der Waals surface area contributed by atoms with Crippen LogP contribution in [0.25, 0.3) is 0 Å². The summed E-state index contributed by atoms with van der Waals surface area (Å²) in [4.78, 5) is 12.0. The predicted molar refractivity (Wildman–Crippen MR) is 88.7 cm³/mol. The Bertz CT molecular complexity index is 763. The molecule has 0 atom stereocenters. The third kappa shape index (κ3) is 1.75. The molecule has 0 amide bonds. The molecule has 1 aliphatic heterocycles. The van der Waals surface area contributed by atoms with Gasteiger partial charge in [0.25, 0.3) is 0 Å². The quantitative estimate of drug-likeness (QED) is 0.838. The number of aromatic nitrogens is 2. The van der Waals surface area contributed by atoms with Crippen LogP contribution < -0.4 is 10.6 Å². The van der Waals surface area contributed by atoms with Crippen LogP contribution in [0.5, 0.6) is 0 Å². The van der Waals surface area contributed by atoms with Crippen molar-refractivity contribution in [3.63, 3.8) is 0 Å². The van der Waals surface area contributed by atoms with Crippen LogP contribution in [0.2, 0.25) is 0 Å². The molecular formula is C17H18N4S. The number of hydrogen-bond acceptors (Lipinski definition) is 5. The van der Waals surface area contributed by atoms with Gasteiger partial charge in [0, 0.05) is 40.5 Å². The lowest BCUT2D eigenvalue weighted by Gasteiger charge is -2.19. The molecule has 1 aromatic heterocycles. The van der Waals surface area contributed by atoms with Crippen LogP contribution >= 0.6 is 12.6 Å². The fourth-order valence-corrected chi connectivity index (χ4v) is 3.74. The van der Waals surface area contributed by atoms with Crippen molar-refractivity contribution in [1.29, 1.82) is 0 Å². The molecule has 0 bridgehead atoms. The number of anilines is 2. The molecule has 0 radical (unpaired) electrons. The van der Waals surface area contributed by atoms with Gasteiger partial charge in [-0.25, -0.2) is 9.97 Å². The monoisotopic (exact) mass is 310 g/mol. The second kappa shape index (κ2) is 4.03. The first-order valence-corrected chi connectivity index (χ1v) is 8.27. The molecule has 112 valence electrons. The zero-order chi connectivity index (χ0) is 14.9. The Balaban J connectivity index is 1.63. The molecular weight excluding hydrogens is 292 g/mol. The Morgan fingerprint density at radius 3 is 2.45 bits per heavy atom. The maximum absolute atomic E-state index is 6.39. The third-order valence-corrected chi connectivity index (χ3v) is 5.63. The van der Waals surface area contributed by atoms with Crippen molar-refractivity contribution in [2.24, 2.45) is 5.73 Å². The number of nitrogens with zero attached hydrogens (tertiary/aromatic N) is 3. The smallest absolute Gasteiger partial charge is 0.229 e. The summed E-state index contributed by atoms with van der Waals surface area (Å²) >= 11 is 4.28. The van der Waals surface area contributed by atoms with Crippen molar-refractivity contribution in [3.05, 3.63) is 41.7 Å². The molecule has 4 nitrogen and oxygen atoms in total. The second-order valence-corrected chi connectivity index (χ2v) is 7.51. The molecule has 2 fully saturated rings. The minimum absolute atomic E-state index is 0.101. The largest absolute Gasteiger partial charge is 0.321 e.